The van der Waals surface area contributed by atoms with E-state index in [1.165, 1.54) is 11.3 Å². The summed E-state index contributed by atoms with van der Waals surface area (Å²) in [6, 6.07) is 9.39. The molecule has 3 nitrogen and oxygen atoms in total. The largest absolute Gasteiger partial charge is 0.395 e. The molecule has 100 valence electrons. The van der Waals surface area contributed by atoms with Gasteiger partial charge in [-0.3, -0.25) is 4.90 Å². The molecule has 0 saturated carbocycles. The number of aliphatic hydroxyl groups is 1. The molecule has 1 aromatic rings. The van der Waals surface area contributed by atoms with Crippen molar-refractivity contribution in [1.29, 1.82) is 0 Å². The number of hydrogen-bond acceptors (Lipinski definition) is 3. The molecule has 0 amide bonds. The van der Waals surface area contributed by atoms with E-state index in [0.29, 0.717) is 6.04 Å². The molecular weight excluding hydrogens is 224 g/mol. The van der Waals surface area contributed by atoms with Crippen LogP contribution in [0.1, 0.15) is 18.9 Å². The van der Waals surface area contributed by atoms with E-state index in [9.17, 15) is 5.11 Å². The molecule has 0 bridgehead atoms. The Kier molecular flexibility index (Phi) is 4.25. The molecule has 18 heavy (non-hydrogen) atoms. The second-order valence-electron chi connectivity index (χ2n) is 5.45. The number of aryl methyl sites for hydroxylation is 1. The Labute approximate surface area is 110 Å². The summed E-state index contributed by atoms with van der Waals surface area (Å²) in [7, 11) is 2.10. The monoisotopic (exact) mass is 248 g/mol. The van der Waals surface area contributed by atoms with Crippen LogP contribution < -0.4 is 4.90 Å². The highest BCUT2D eigenvalue weighted by molar-refractivity contribution is 5.49. The second kappa shape index (κ2) is 5.72. The van der Waals surface area contributed by atoms with Gasteiger partial charge in [0.25, 0.3) is 0 Å². The van der Waals surface area contributed by atoms with Crippen LogP contribution in [0.15, 0.2) is 24.3 Å². The van der Waals surface area contributed by atoms with Crippen LogP contribution in [0.5, 0.6) is 0 Å². The first-order valence-electron chi connectivity index (χ1n) is 6.76. The summed E-state index contributed by atoms with van der Waals surface area (Å²) in [5.41, 5.74) is 2.56. The van der Waals surface area contributed by atoms with Crippen molar-refractivity contribution < 1.29 is 5.11 Å². The molecular formula is C15H24N2O. The van der Waals surface area contributed by atoms with E-state index in [1.54, 1.807) is 0 Å². The maximum absolute atomic E-state index is 9.52. The van der Waals surface area contributed by atoms with Crippen molar-refractivity contribution >= 4 is 5.69 Å². The second-order valence-corrected chi connectivity index (χ2v) is 5.45. The minimum atomic E-state index is 0.228. The first-order chi connectivity index (χ1) is 8.61. The van der Waals surface area contributed by atoms with Crippen molar-refractivity contribution in [2.45, 2.75) is 32.4 Å². The Bertz CT molecular complexity index is 394. The molecule has 1 aliphatic heterocycles. The van der Waals surface area contributed by atoms with E-state index in [1.807, 2.05) is 0 Å². The lowest BCUT2D eigenvalue weighted by Gasteiger charge is -2.32. The van der Waals surface area contributed by atoms with Crippen LogP contribution in [0.4, 0.5) is 5.69 Å². The van der Waals surface area contributed by atoms with E-state index in [2.05, 4.69) is 55.0 Å². The van der Waals surface area contributed by atoms with Crippen molar-refractivity contribution in [1.82, 2.24) is 4.90 Å². The molecule has 2 unspecified atom stereocenters. The van der Waals surface area contributed by atoms with Crippen molar-refractivity contribution in [2.24, 2.45) is 0 Å². The topological polar surface area (TPSA) is 26.7 Å². The third-order valence-corrected chi connectivity index (χ3v) is 4.01. The highest BCUT2D eigenvalue weighted by atomic mass is 16.3. The lowest BCUT2D eigenvalue weighted by Crippen LogP contribution is -2.43. The number of hydrogen-bond donors (Lipinski definition) is 1. The minimum absolute atomic E-state index is 0.228. The van der Waals surface area contributed by atoms with Crippen molar-refractivity contribution in [2.75, 3.05) is 31.6 Å². The van der Waals surface area contributed by atoms with Gasteiger partial charge in [0.1, 0.15) is 0 Å². The molecule has 1 aliphatic rings. The van der Waals surface area contributed by atoms with Crippen LogP contribution in [0.25, 0.3) is 0 Å². The van der Waals surface area contributed by atoms with Gasteiger partial charge < -0.3 is 10.0 Å². The molecule has 0 radical (unpaired) electrons. The van der Waals surface area contributed by atoms with Crippen molar-refractivity contribution in [3.8, 4) is 0 Å². The van der Waals surface area contributed by atoms with Gasteiger partial charge in [0.05, 0.1) is 6.61 Å². The average molecular weight is 248 g/mol. The van der Waals surface area contributed by atoms with Gasteiger partial charge in [-0.05, 0) is 45.0 Å². The van der Waals surface area contributed by atoms with Crippen LogP contribution >= 0.6 is 0 Å². The first-order valence-corrected chi connectivity index (χ1v) is 6.76. The number of anilines is 1. The van der Waals surface area contributed by atoms with Gasteiger partial charge in [0.15, 0.2) is 0 Å². The summed E-state index contributed by atoms with van der Waals surface area (Å²) in [5.74, 6) is 0. The van der Waals surface area contributed by atoms with Gasteiger partial charge in [-0.25, -0.2) is 0 Å². The summed E-state index contributed by atoms with van der Waals surface area (Å²) in [6.45, 7) is 6.58. The molecule has 0 spiro atoms. The van der Waals surface area contributed by atoms with Crippen LogP contribution in [-0.4, -0.2) is 48.8 Å². The Hall–Kier alpha value is -1.06. The van der Waals surface area contributed by atoms with Crippen LogP contribution in [-0.2, 0) is 0 Å². The van der Waals surface area contributed by atoms with Crippen molar-refractivity contribution in [3.63, 3.8) is 0 Å². The number of nitrogens with zero attached hydrogens (tertiary/aromatic N) is 2. The molecule has 1 fully saturated rings. The predicted molar refractivity (Wildman–Crippen MR) is 76.1 cm³/mol. The summed E-state index contributed by atoms with van der Waals surface area (Å²) >= 11 is 0. The third-order valence-electron chi connectivity index (χ3n) is 4.01. The Morgan fingerprint density at radius 2 is 2.17 bits per heavy atom. The molecule has 1 aromatic carbocycles. The summed E-state index contributed by atoms with van der Waals surface area (Å²) in [5, 5.41) is 9.52. The highest BCUT2D eigenvalue weighted by Crippen LogP contribution is 2.23. The molecule has 2 atom stereocenters. The average Bonchev–Trinajstić information content (AvgIpc) is 2.50. The molecule has 0 aliphatic carbocycles. The quantitative estimate of drug-likeness (QED) is 0.866. The number of benzene rings is 1. The van der Waals surface area contributed by atoms with E-state index < -0.39 is 0 Å². The Morgan fingerprint density at radius 1 is 1.39 bits per heavy atom. The zero-order valence-corrected chi connectivity index (χ0v) is 11.6. The molecule has 2 rings (SSSR count). The third kappa shape index (κ3) is 2.85. The van der Waals surface area contributed by atoms with Gasteiger partial charge in [0, 0.05) is 30.9 Å². The van der Waals surface area contributed by atoms with Crippen molar-refractivity contribution in [3.05, 3.63) is 29.8 Å². The van der Waals surface area contributed by atoms with E-state index in [0.717, 1.165) is 19.5 Å². The molecule has 3 heteroatoms. The zero-order chi connectivity index (χ0) is 13.1. The fraction of sp³-hybridized carbons (Fsp3) is 0.600. The summed E-state index contributed by atoms with van der Waals surface area (Å²) in [6.07, 6.45) is 1.14. The van der Waals surface area contributed by atoms with Gasteiger partial charge in [0.2, 0.25) is 0 Å². The standard InChI is InChI=1S/C15H24N2O/c1-12-5-4-6-14(9-12)17-10-15(11-18)16(3)8-7-13(17)2/h4-6,9,13,15,18H,7-8,10-11H2,1-3H3. The smallest absolute Gasteiger partial charge is 0.0604 e. The van der Waals surface area contributed by atoms with Gasteiger partial charge in [-0.15, -0.1) is 0 Å². The normalized spacial score (nSPS) is 26.1. The van der Waals surface area contributed by atoms with Gasteiger partial charge in [-0.1, -0.05) is 12.1 Å². The van der Waals surface area contributed by atoms with Crippen LogP contribution in [0, 0.1) is 6.92 Å². The lowest BCUT2D eigenvalue weighted by molar-refractivity contribution is 0.159. The molecule has 0 aromatic heterocycles. The SMILES string of the molecule is Cc1cccc(N2CC(CO)N(C)CCC2C)c1. The highest BCUT2D eigenvalue weighted by Gasteiger charge is 2.26. The number of likely N-dealkylation sites (N-methyl/N-ethyl adjacent to an activating group) is 1. The van der Waals surface area contributed by atoms with Gasteiger partial charge in [-0.2, -0.15) is 0 Å². The van der Waals surface area contributed by atoms with E-state index >= 15 is 0 Å². The van der Waals surface area contributed by atoms with E-state index in [4.69, 9.17) is 0 Å². The zero-order valence-electron chi connectivity index (χ0n) is 11.6. The predicted octanol–water partition coefficient (Wildman–Crippen LogP) is 1.89. The fourth-order valence-electron chi connectivity index (χ4n) is 2.64. The summed E-state index contributed by atoms with van der Waals surface area (Å²) < 4.78 is 0. The fourth-order valence-corrected chi connectivity index (χ4v) is 2.64. The lowest BCUT2D eigenvalue weighted by atomic mass is 10.1. The molecule has 1 N–H and O–H groups in total. The molecule has 1 saturated heterocycles. The van der Waals surface area contributed by atoms with E-state index in [-0.39, 0.29) is 12.6 Å². The van der Waals surface area contributed by atoms with Crippen LogP contribution in [0.2, 0.25) is 0 Å². The number of aliphatic hydroxyl groups excluding tert-OH is 1. The Balaban J connectivity index is 2.24. The maximum atomic E-state index is 9.52. The summed E-state index contributed by atoms with van der Waals surface area (Å²) in [4.78, 5) is 4.70. The maximum Gasteiger partial charge on any atom is 0.0604 e. The minimum Gasteiger partial charge on any atom is -0.395 e. The van der Waals surface area contributed by atoms with Gasteiger partial charge >= 0.3 is 0 Å². The first kappa shape index (κ1) is 13.4. The molecule has 1 heterocycles. The Morgan fingerprint density at radius 3 is 2.83 bits per heavy atom. The number of rotatable bonds is 2. The van der Waals surface area contributed by atoms with Crippen LogP contribution in [0.3, 0.4) is 0 Å².